The van der Waals surface area contributed by atoms with E-state index in [0.717, 1.165) is 30.6 Å². The van der Waals surface area contributed by atoms with Gasteiger partial charge in [-0.1, -0.05) is 26.0 Å². The number of sulfonamides is 1. The van der Waals surface area contributed by atoms with Crippen LogP contribution in [0.1, 0.15) is 37.4 Å². The summed E-state index contributed by atoms with van der Waals surface area (Å²) in [7, 11) is -3.76. The van der Waals surface area contributed by atoms with Crippen molar-refractivity contribution in [1.29, 1.82) is 0 Å². The van der Waals surface area contributed by atoms with Crippen molar-refractivity contribution in [3.8, 4) is 5.75 Å². The molecule has 1 aromatic heterocycles. The minimum atomic E-state index is -3.76. The van der Waals surface area contributed by atoms with Crippen molar-refractivity contribution in [2.45, 2.75) is 43.5 Å². The average molecular weight is 408 g/mol. The number of hydrogen-bond acceptors (Lipinski definition) is 5. The molecule has 0 bridgehead atoms. The number of anilines is 1. The van der Waals surface area contributed by atoms with Gasteiger partial charge in [-0.05, 0) is 30.7 Å². The maximum absolute atomic E-state index is 12.8. The summed E-state index contributed by atoms with van der Waals surface area (Å²) < 4.78 is 46.3. The summed E-state index contributed by atoms with van der Waals surface area (Å²) in [6, 6.07) is 8.11. The lowest BCUT2D eigenvalue weighted by atomic mass is 10.0. The molecule has 8 heteroatoms. The van der Waals surface area contributed by atoms with Crippen molar-refractivity contribution in [2.75, 3.05) is 24.5 Å². The highest BCUT2D eigenvalue weighted by Gasteiger charge is 2.22. The molecular formula is C20H26FN3O3S. The Bertz CT molecular complexity index is 903. The number of rotatable bonds is 8. The van der Waals surface area contributed by atoms with Crippen molar-refractivity contribution in [2.24, 2.45) is 0 Å². The first-order valence-electron chi connectivity index (χ1n) is 9.46. The molecule has 1 aromatic carbocycles. The van der Waals surface area contributed by atoms with Gasteiger partial charge in [0.25, 0.3) is 10.0 Å². The SMILES string of the molecule is CCCNC1COc2cc(NS(=O)(=O)c3ccc(C(C)CF)cc3)cnc2C1. The van der Waals surface area contributed by atoms with Gasteiger partial charge in [-0.3, -0.25) is 14.1 Å². The van der Waals surface area contributed by atoms with E-state index >= 15 is 0 Å². The Balaban J connectivity index is 1.71. The number of alkyl halides is 1. The van der Waals surface area contributed by atoms with E-state index < -0.39 is 16.7 Å². The van der Waals surface area contributed by atoms with Crippen LogP contribution in [0.15, 0.2) is 41.4 Å². The molecule has 0 spiro atoms. The van der Waals surface area contributed by atoms with Gasteiger partial charge in [0.2, 0.25) is 0 Å². The van der Waals surface area contributed by atoms with Crippen LogP contribution in [-0.2, 0) is 16.4 Å². The van der Waals surface area contributed by atoms with Crippen molar-refractivity contribution >= 4 is 15.7 Å². The average Bonchev–Trinajstić information content (AvgIpc) is 2.71. The van der Waals surface area contributed by atoms with Gasteiger partial charge in [0.05, 0.1) is 29.1 Å². The summed E-state index contributed by atoms with van der Waals surface area (Å²) in [5.74, 6) is 0.337. The topological polar surface area (TPSA) is 80.3 Å². The molecule has 0 aliphatic carbocycles. The molecule has 28 heavy (non-hydrogen) atoms. The van der Waals surface area contributed by atoms with E-state index in [0.29, 0.717) is 18.0 Å². The first-order chi connectivity index (χ1) is 13.4. The van der Waals surface area contributed by atoms with Crippen LogP contribution in [0.4, 0.5) is 10.1 Å². The normalized spacial score (nSPS) is 17.5. The van der Waals surface area contributed by atoms with Crippen LogP contribution in [0.3, 0.4) is 0 Å². The molecular weight excluding hydrogens is 381 g/mol. The smallest absolute Gasteiger partial charge is 0.261 e. The maximum atomic E-state index is 12.8. The van der Waals surface area contributed by atoms with E-state index in [9.17, 15) is 12.8 Å². The van der Waals surface area contributed by atoms with Crippen LogP contribution in [0.25, 0.3) is 0 Å². The second-order valence-corrected chi connectivity index (χ2v) is 8.75. The lowest BCUT2D eigenvalue weighted by Crippen LogP contribution is -2.40. The second kappa shape index (κ2) is 8.87. The number of hydrogen-bond donors (Lipinski definition) is 2. The van der Waals surface area contributed by atoms with Crippen molar-refractivity contribution in [1.82, 2.24) is 10.3 Å². The van der Waals surface area contributed by atoms with Gasteiger partial charge in [-0.15, -0.1) is 0 Å². The molecule has 2 N–H and O–H groups in total. The first kappa shape index (κ1) is 20.5. The summed E-state index contributed by atoms with van der Waals surface area (Å²) in [5, 5.41) is 3.40. The van der Waals surface area contributed by atoms with Crippen LogP contribution < -0.4 is 14.8 Å². The zero-order chi connectivity index (χ0) is 20.1. The number of fused-ring (bicyclic) bond motifs is 1. The Morgan fingerprint density at radius 1 is 1.32 bits per heavy atom. The molecule has 0 saturated heterocycles. The molecule has 2 atom stereocenters. The molecule has 0 fully saturated rings. The largest absolute Gasteiger partial charge is 0.490 e. The summed E-state index contributed by atoms with van der Waals surface area (Å²) in [6.07, 6.45) is 3.29. The zero-order valence-corrected chi connectivity index (χ0v) is 16.9. The third-order valence-electron chi connectivity index (χ3n) is 4.74. The molecule has 1 aliphatic heterocycles. The monoisotopic (exact) mass is 407 g/mol. The number of pyridine rings is 1. The van der Waals surface area contributed by atoms with E-state index in [2.05, 4.69) is 21.9 Å². The fraction of sp³-hybridized carbons (Fsp3) is 0.450. The lowest BCUT2D eigenvalue weighted by molar-refractivity contribution is 0.236. The van der Waals surface area contributed by atoms with E-state index in [1.165, 1.54) is 18.3 Å². The zero-order valence-electron chi connectivity index (χ0n) is 16.1. The van der Waals surface area contributed by atoms with Gasteiger partial charge in [0, 0.05) is 24.4 Å². The Morgan fingerprint density at radius 3 is 2.75 bits per heavy atom. The van der Waals surface area contributed by atoms with Gasteiger partial charge in [-0.2, -0.15) is 0 Å². The van der Waals surface area contributed by atoms with Crippen LogP contribution in [-0.4, -0.2) is 39.3 Å². The molecule has 2 aromatic rings. The number of ether oxygens (including phenoxy) is 1. The Morgan fingerprint density at radius 2 is 2.07 bits per heavy atom. The van der Waals surface area contributed by atoms with Crippen molar-refractivity contribution in [3.05, 3.63) is 47.8 Å². The minimum absolute atomic E-state index is 0.116. The third-order valence-corrected chi connectivity index (χ3v) is 6.13. The first-order valence-corrected chi connectivity index (χ1v) is 10.9. The van der Waals surface area contributed by atoms with Gasteiger partial charge in [-0.25, -0.2) is 8.42 Å². The van der Waals surface area contributed by atoms with Crippen molar-refractivity contribution in [3.63, 3.8) is 0 Å². The van der Waals surface area contributed by atoms with Crippen molar-refractivity contribution < 1.29 is 17.5 Å². The minimum Gasteiger partial charge on any atom is -0.490 e. The summed E-state index contributed by atoms with van der Waals surface area (Å²) >= 11 is 0. The predicted octanol–water partition coefficient (Wildman–Crippen LogP) is 3.26. The number of benzene rings is 1. The lowest BCUT2D eigenvalue weighted by Gasteiger charge is -2.25. The maximum Gasteiger partial charge on any atom is 0.261 e. The number of nitrogens with zero attached hydrogens (tertiary/aromatic N) is 1. The molecule has 6 nitrogen and oxygen atoms in total. The number of nitrogens with one attached hydrogen (secondary N) is 2. The highest BCUT2D eigenvalue weighted by Crippen LogP contribution is 2.27. The van der Waals surface area contributed by atoms with E-state index in [4.69, 9.17) is 4.74 Å². The highest BCUT2D eigenvalue weighted by molar-refractivity contribution is 7.92. The fourth-order valence-electron chi connectivity index (χ4n) is 3.05. The third kappa shape index (κ3) is 4.80. The van der Waals surface area contributed by atoms with Crippen LogP contribution in [0.2, 0.25) is 0 Å². The van der Waals surface area contributed by atoms with E-state index in [1.54, 1.807) is 25.1 Å². The molecule has 0 saturated carbocycles. The van der Waals surface area contributed by atoms with Crippen LogP contribution >= 0.6 is 0 Å². The molecule has 0 radical (unpaired) electrons. The summed E-state index contributed by atoms with van der Waals surface area (Å²) in [4.78, 5) is 4.49. The standard InChI is InChI=1S/C20H26FN3O3S/c1-3-8-22-17-9-19-20(27-13-17)10-16(12-23-19)24-28(25,26)18-6-4-15(5-7-18)14(2)11-21/h4-7,10,12,14,17,22,24H,3,8-9,11,13H2,1-2H3. The highest BCUT2D eigenvalue weighted by atomic mass is 32.2. The fourth-order valence-corrected chi connectivity index (χ4v) is 4.08. The van der Waals surface area contributed by atoms with E-state index in [1.807, 2.05) is 0 Å². The Kier molecular flexibility index (Phi) is 6.51. The number of halogens is 1. The van der Waals surface area contributed by atoms with Gasteiger partial charge in [0.15, 0.2) is 0 Å². The Labute approximate surface area is 165 Å². The number of aromatic nitrogens is 1. The van der Waals surface area contributed by atoms with Gasteiger partial charge in [0.1, 0.15) is 12.4 Å². The summed E-state index contributed by atoms with van der Waals surface area (Å²) in [6.45, 7) is 4.82. The Hall–Kier alpha value is -2.19. The van der Waals surface area contributed by atoms with Crippen LogP contribution in [0, 0.1) is 0 Å². The molecule has 2 heterocycles. The quantitative estimate of drug-likeness (QED) is 0.702. The van der Waals surface area contributed by atoms with Gasteiger partial charge < -0.3 is 10.1 Å². The van der Waals surface area contributed by atoms with E-state index in [-0.39, 0.29) is 16.9 Å². The second-order valence-electron chi connectivity index (χ2n) is 7.06. The molecule has 1 aliphatic rings. The molecule has 3 rings (SSSR count). The molecule has 2 unspecified atom stereocenters. The molecule has 0 amide bonds. The van der Waals surface area contributed by atoms with Gasteiger partial charge >= 0.3 is 0 Å². The van der Waals surface area contributed by atoms with Crippen LogP contribution in [0.5, 0.6) is 5.75 Å². The predicted molar refractivity (Wildman–Crippen MR) is 107 cm³/mol. The summed E-state index contributed by atoms with van der Waals surface area (Å²) in [5.41, 5.74) is 1.92. The molecule has 152 valence electrons.